The van der Waals surface area contributed by atoms with Crippen LogP contribution in [0.4, 0.5) is 0 Å². The third-order valence-electron chi connectivity index (χ3n) is 3.57. The van der Waals surface area contributed by atoms with Crippen LogP contribution in [0, 0.1) is 0 Å². The van der Waals surface area contributed by atoms with Crippen molar-refractivity contribution < 1.29 is 21.9 Å². The molecule has 0 aromatic heterocycles. The zero-order valence-corrected chi connectivity index (χ0v) is 12.7. The smallest absolute Gasteiger partial charge is 0.161 e. The molecule has 1 aliphatic heterocycles. The van der Waals surface area contributed by atoms with Crippen molar-refractivity contribution in [3.8, 4) is 11.5 Å². The van der Waals surface area contributed by atoms with E-state index in [4.69, 9.17) is 9.47 Å². The van der Waals surface area contributed by atoms with Crippen molar-refractivity contribution in [1.82, 2.24) is 4.90 Å². The molecule has 0 saturated carbocycles. The van der Waals surface area contributed by atoms with E-state index in [0.29, 0.717) is 19.3 Å². The number of fused-ring (bicyclic) bond motifs is 1. The summed E-state index contributed by atoms with van der Waals surface area (Å²) in [4.78, 5) is 2.47. The summed E-state index contributed by atoms with van der Waals surface area (Å²) in [6, 6.07) is 6.85. The van der Waals surface area contributed by atoms with Crippen LogP contribution in [-0.4, -0.2) is 37.2 Å². The predicted octanol–water partition coefficient (Wildman–Crippen LogP) is -0.265. The van der Waals surface area contributed by atoms with E-state index in [9.17, 15) is 0 Å². The summed E-state index contributed by atoms with van der Waals surface area (Å²) in [5.41, 5.74) is 1.32. The Bertz CT molecular complexity index is 394. The maximum absolute atomic E-state index is 5.62. The number of halogens is 1. The molecular formula is C15H23ClNO2-. The van der Waals surface area contributed by atoms with E-state index < -0.39 is 0 Å². The van der Waals surface area contributed by atoms with Crippen molar-refractivity contribution in [1.29, 1.82) is 0 Å². The van der Waals surface area contributed by atoms with Crippen molar-refractivity contribution in [3.63, 3.8) is 0 Å². The standard InChI is InChI=1S/C15H23NO2.ClH/c1-4-16(5-2)12(3)10-13-6-7-14-15(11-13)18-9-8-17-14;/h6-7,11-12H,4-5,8-10H2,1-3H3;1H/p-1. The maximum Gasteiger partial charge on any atom is 0.161 e. The minimum Gasteiger partial charge on any atom is -1.00 e. The summed E-state index contributed by atoms with van der Waals surface area (Å²) in [6.45, 7) is 10.2. The second-order valence-corrected chi connectivity index (χ2v) is 4.75. The van der Waals surface area contributed by atoms with E-state index in [-0.39, 0.29) is 12.4 Å². The molecule has 0 fully saturated rings. The molecule has 1 aromatic carbocycles. The Hall–Kier alpha value is -0.930. The van der Waals surface area contributed by atoms with Gasteiger partial charge in [-0.15, -0.1) is 0 Å². The molecule has 0 N–H and O–H groups in total. The van der Waals surface area contributed by atoms with E-state index in [1.807, 2.05) is 6.07 Å². The number of likely N-dealkylation sites (N-methyl/N-ethyl adjacent to an activating group) is 1. The Morgan fingerprint density at radius 2 is 1.74 bits per heavy atom. The van der Waals surface area contributed by atoms with Gasteiger partial charge in [0.25, 0.3) is 0 Å². The molecule has 108 valence electrons. The SMILES string of the molecule is CCN(CC)C(C)Cc1ccc2c(c1)OCCO2.[Cl-]. The van der Waals surface area contributed by atoms with Gasteiger partial charge in [-0.1, -0.05) is 19.9 Å². The molecule has 1 unspecified atom stereocenters. The van der Waals surface area contributed by atoms with Crippen LogP contribution in [0.15, 0.2) is 18.2 Å². The van der Waals surface area contributed by atoms with Gasteiger partial charge in [-0.3, -0.25) is 0 Å². The van der Waals surface area contributed by atoms with Crippen LogP contribution in [-0.2, 0) is 6.42 Å². The fourth-order valence-electron chi connectivity index (χ4n) is 2.53. The van der Waals surface area contributed by atoms with Gasteiger partial charge < -0.3 is 26.8 Å². The lowest BCUT2D eigenvalue weighted by molar-refractivity contribution is -0.00000471. The van der Waals surface area contributed by atoms with Crippen molar-refractivity contribution in [3.05, 3.63) is 23.8 Å². The fourth-order valence-corrected chi connectivity index (χ4v) is 2.53. The summed E-state index contributed by atoms with van der Waals surface area (Å²) in [7, 11) is 0. The Labute approximate surface area is 122 Å². The first kappa shape index (κ1) is 16.1. The quantitative estimate of drug-likeness (QED) is 0.743. The lowest BCUT2D eigenvalue weighted by Crippen LogP contribution is -3.00. The highest BCUT2D eigenvalue weighted by Crippen LogP contribution is 2.31. The average Bonchev–Trinajstić information content (AvgIpc) is 2.40. The van der Waals surface area contributed by atoms with Crippen LogP contribution in [0.1, 0.15) is 26.3 Å². The summed E-state index contributed by atoms with van der Waals surface area (Å²) in [5.74, 6) is 1.77. The van der Waals surface area contributed by atoms with Gasteiger partial charge in [-0.05, 0) is 44.1 Å². The number of hydrogen-bond donors (Lipinski definition) is 0. The average molecular weight is 285 g/mol. The normalized spacial score (nSPS) is 14.9. The predicted molar refractivity (Wildman–Crippen MR) is 73.5 cm³/mol. The summed E-state index contributed by atoms with van der Waals surface area (Å²) < 4.78 is 11.2. The highest BCUT2D eigenvalue weighted by molar-refractivity contribution is 5.44. The Morgan fingerprint density at radius 1 is 1.11 bits per heavy atom. The molecule has 0 amide bonds. The van der Waals surface area contributed by atoms with Gasteiger partial charge in [-0.2, -0.15) is 0 Å². The molecule has 19 heavy (non-hydrogen) atoms. The minimum atomic E-state index is 0. The van der Waals surface area contributed by atoms with Crippen LogP contribution in [0.5, 0.6) is 11.5 Å². The zero-order valence-electron chi connectivity index (χ0n) is 12.0. The topological polar surface area (TPSA) is 21.7 Å². The molecule has 1 atom stereocenters. The van der Waals surface area contributed by atoms with Crippen molar-refractivity contribution in [2.75, 3.05) is 26.3 Å². The van der Waals surface area contributed by atoms with Crippen molar-refractivity contribution in [2.24, 2.45) is 0 Å². The van der Waals surface area contributed by atoms with Gasteiger partial charge in [0, 0.05) is 6.04 Å². The lowest BCUT2D eigenvalue weighted by Gasteiger charge is -2.27. The van der Waals surface area contributed by atoms with Gasteiger partial charge in [0.05, 0.1) is 0 Å². The minimum absolute atomic E-state index is 0. The van der Waals surface area contributed by atoms with Crippen LogP contribution < -0.4 is 21.9 Å². The molecule has 2 rings (SSSR count). The Morgan fingerprint density at radius 3 is 2.37 bits per heavy atom. The van der Waals surface area contributed by atoms with E-state index in [0.717, 1.165) is 31.0 Å². The molecule has 0 saturated heterocycles. The first-order chi connectivity index (χ1) is 8.74. The third kappa shape index (κ3) is 4.02. The second kappa shape index (κ2) is 7.61. The van der Waals surface area contributed by atoms with Gasteiger partial charge in [0.15, 0.2) is 11.5 Å². The van der Waals surface area contributed by atoms with Crippen LogP contribution in [0.3, 0.4) is 0 Å². The lowest BCUT2D eigenvalue weighted by atomic mass is 10.1. The first-order valence-corrected chi connectivity index (χ1v) is 6.87. The second-order valence-electron chi connectivity index (χ2n) is 4.75. The number of rotatable bonds is 5. The van der Waals surface area contributed by atoms with E-state index >= 15 is 0 Å². The molecule has 4 heteroatoms. The molecule has 0 radical (unpaired) electrons. The molecule has 0 bridgehead atoms. The Kier molecular flexibility index (Phi) is 6.46. The van der Waals surface area contributed by atoms with Gasteiger partial charge in [0.2, 0.25) is 0 Å². The fraction of sp³-hybridized carbons (Fsp3) is 0.600. The summed E-state index contributed by atoms with van der Waals surface area (Å²) in [5, 5.41) is 0. The number of benzene rings is 1. The van der Waals surface area contributed by atoms with E-state index in [2.05, 4.69) is 37.8 Å². The maximum atomic E-state index is 5.62. The highest BCUT2D eigenvalue weighted by atomic mass is 35.5. The monoisotopic (exact) mass is 284 g/mol. The molecule has 1 aliphatic rings. The number of ether oxygens (including phenoxy) is 2. The molecule has 3 nitrogen and oxygen atoms in total. The molecule has 0 spiro atoms. The largest absolute Gasteiger partial charge is 1.00 e. The summed E-state index contributed by atoms with van der Waals surface area (Å²) >= 11 is 0. The van der Waals surface area contributed by atoms with Crippen LogP contribution >= 0.6 is 0 Å². The van der Waals surface area contributed by atoms with Crippen molar-refractivity contribution in [2.45, 2.75) is 33.2 Å². The zero-order chi connectivity index (χ0) is 13.0. The molecule has 1 heterocycles. The van der Waals surface area contributed by atoms with E-state index in [1.54, 1.807) is 0 Å². The summed E-state index contributed by atoms with van der Waals surface area (Å²) in [6.07, 6.45) is 1.05. The highest BCUT2D eigenvalue weighted by Gasteiger charge is 2.15. The number of nitrogens with zero attached hydrogens (tertiary/aromatic N) is 1. The van der Waals surface area contributed by atoms with Crippen molar-refractivity contribution >= 4 is 0 Å². The number of hydrogen-bond acceptors (Lipinski definition) is 3. The van der Waals surface area contributed by atoms with Crippen LogP contribution in [0.25, 0.3) is 0 Å². The third-order valence-corrected chi connectivity index (χ3v) is 3.57. The van der Waals surface area contributed by atoms with Gasteiger partial charge in [0.1, 0.15) is 13.2 Å². The van der Waals surface area contributed by atoms with E-state index in [1.165, 1.54) is 5.56 Å². The molecule has 1 aromatic rings. The Balaban J connectivity index is 0.00000180. The van der Waals surface area contributed by atoms with Gasteiger partial charge >= 0.3 is 0 Å². The first-order valence-electron chi connectivity index (χ1n) is 6.87. The van der Waals surface area contributed by atoms with Crippen LogP contribution in [0.2, 0.25) is 0 Å². The molecule has 0 aliphatic carbocycles. The van der Waals surface area contributed by atoms with Gasteiger partial charge in [-0.25, -0.2) is 0 Å². The molecular weight excluding hydrogens is 262 g/mol.